The lowest BCUT2D eigenvalue weighted by atomic mass is 9.84. The molecule has 120 valence electrons. The predicted molar refractivity (Wildman–Crippen MR) is 90.3 cm³/mol. The molecule has 4 N–H and O–H groups in total. The number of aromatic nitrogens is 3. The molecular formula is C18H17N5O. The van der Waals surface area contributed by atoms with Crippen LogP contribution < -0.4 is 10.5 Å². The van der Waals surface area contributed by atoms with Gasteiger partial charge in [0, 0.05) is 28.4 Å². The highest BCUT2D eigenvalue weighted by Crippen LogP contribution is 2.44. The Hall–Kier alpha value is -3.20. The molecule has 0 aliphatic carbocycles. The molecule has 3 aromatic rings. The molecule has 0 unspecified atom stereocenters. The number of nitrogens with two attached hydrogens (primary N) is 1. The Balaban J connectivity index is 2.02. The van der Waals surface area contributed by atoms with E-state index in [0.717, 1.165) is 34.1 Å². The van der Waals surface area contributed by atoms with Crippen LogP contribution in [0.2, 0.25) is 0 Å². The fourth-order valence-corrected chi connectivity index (χ4v) is 3.48. The van der Waals surface area contributed by atoms with Gasteiger partial charge >= 0.3 is 0 Å². The van der Waals surface area contributed by atoms with Crippen molar-refractivity contribution >= 4 is 10.9 Å². The van der Waals surface area contributed by atoms with Crippen molar-refractivity contribution in [2.24, 2.45) is 5.73 Å². The average molecular weight is 319 g/mol. The number of allylic oxidation sites excluding steroid dienone is 1. The predicted octanol–water partition coefficient (Wildman–Crippen LogP) is 2.98. The van der Waals surface area contributed by atoms with E-state index in [1.54, 1.807) is 0 Å². The number of para-hydroxylation sites is 1. The quantitative estimate of drug-likeness (QED) is 0.675. The molecule has 1 aliphatic rings. The van der Waals surface area contributed by atoms with E-state index in [-0.39, 0.29) is 11.8 Å². The highest BCUT2D eigenvalue weighted by molar-refractivity contribution is 5.88. The van der Waals surface area contributed by atoms with Gasteiger partial charge in [-0.15, -0.1) is 5.10 Å². The molecule has 0 spiro atoms. The van der Waals surface area contributed by atoms with Gasteiger partial charge in [-0.2, -0.15) is 5.26 Å². The number of ether oxygens (including phenoxy) is 1. The fraction of sp³-hybridized carbons (Fsp3) is 0.222. The first-order valence-electron chi connectivity index (χ1n) is 7.87. The molecule has 1 aliphatic heterocycles. The Morgan fingerprint density at radius 2 is 2.25 bits per heavy atom. The van der Waals surface area contributed by atoms with E-state index in [9.17, 15) is 5.26 Å². The second-order valence-corrected chi connectivity index (χ2v) is 5.93. The first-order valence-corrected chi connectivity index (χ1v) is 7.87. The van der Waals surface area contributed by atoms with Crippen LogP contribution in [0.3, 0.4) is 0 Å². The van der Waals surface area contributed by atoms with Crippen molar-refractivity contribution in [3.05, 3.63) is 58.2 Å². The van der Waals surface area contributed by atoms with Gasteiger partial charge in [0.1, 0.15) is 11.6 Å². The van der Waals surface area contributed by atoms with Gasteiger partial charge in [0.05, 0.1) is 5.92 Å². The van der Waals surface area contributed by atoms with Crippen LogP contribution in [0.15, 0.2) is 35.9 Å². The second kappa shape index (κ2) is 5.17. The summed E-state index contributed by atoms with van der Waals surface area (Å²) in [5, 5.41) is 17.8. The number of benzene rings is 1. The molecule has 4 rings (SSSR count). The number of nitriles is 1. The van der Waals surface area contributed by atoms with Crippen LogP contribution in [0.5, 0.6) is 5.88 Å². The fourth-order valence-electron chi connectivity index (χ4n) is 3.48. The summed E-state index contributed by atoms with van der Waals surface area (Å²) in [6, 6.07) is 8.43. The zero-order valence-corrected chi connectivity index (χ0v) is 13.5. The van der Waals surface area contributed by atoms with Crippen molar-refractivity contribution in [3.8, 4) is 11.9 Å². The van der Waals surface area contributed by atoms with E-state index in [4.69, 9.17) is 10.5 Å². The first kappa shape index (κ1) is 14.4. The maximum absolute atomic E-state index is 9.65. The Morgan fingerprint density at radius 3 is 3.00 bits per heavy atom. The first-order chi connectivity index (χ1) is 11.7. The van der Waals surface area contributed by atoms with Crippen molar-refractivity contribution in [1.82, 2.24) is 15.2 Å². The van der Waals surface area contributed by atoms with Crippen LogP contribution >= 0.6 is 0 Å². The Bertz CT molecular complexity index is 1020. The van der Waals surface area contributed by atoms with Crippen molar-refractivity contribution < 1.29 is 4.74 Å². The number of hydrogen-bond acceptors (Lipinski definition) is 4. The standard InChI is InChI=1S/C18H17N5O/c1-3-10-5-4-6-11-13(8-21-16(10)11)15-12(7-19)17(20)24-18-14(15)9(2)22-23-18/h4-6,8,15,21H,3,20H2,1-2H3,(H,22,23)/t15-/m0/s1. The van der Waals surface area contributed by atoms with Gasteiger partial charge in [0.15, 0.2) is 0 Å². The van der Waals surface area contributed by atoms with Crippen molar-refractivity contribution in [2.75, 3.05) is 0 Å². The third-order valence-corrected chi connectivity index (χ3v) is 4.66. The minimum absolute atomic E-state index is 0.113. The summed E-state index contributed by atoms with van der Waals surface area (Å²) in [7, 11) is 0. The van der Waals surface area contributed by atoms with Gasteiger partial charge in [0.25, 0.3) is 0 Å². The third-order valence-electron chi connectivity index (χ3n) is 4.66. The lowest BCUT2D eigenvalue weighted by Crippen LogP contribution is -2.20. The Kier molecular flexibility index (Phi) is 3.10. The maximum Gasteiger partial charge on any atom is 0.244 e. The Labute approximate surface area is 138 Å². The number of nitrogens with one attached hydrogen (secondary N) is 2. The van der Waals surface area contributed by atoms with Crippen LogP contribution in [0, 0.1) is 18.3 Å². The van der Waals surface area contributed by atoms with Gasteiger partial charge in [0.2, 0.25) is 11.8 Å². The lowest BCUT2D eigenvalue weighted by Gasteiger charge is -2.23. The van der Waals surface area contributed by atoms with Crippen molar-refractivity contribution in [3.63, 3.8) is 0 Å². The van der Waals surface area contributed by atoms with E-state index in [0.29, 0.717) is 11.5 Å². The number of aryl methyl sites for hydroxylation is 2. The number of hydrogen-bond donors (Lipinski definition) is 3. The number of rotatable bonds is 2. The molecule has 6 nitrogen and oxygen atoms in total. The zero-order chi connectivity index (χ0) is 16.8. The minimum atomic E-state index is -0.293. The molecule has 0 fully saturated rings. The second-order valence-electron chi connectivity index (χ2n) is 5.93. The molecule has 0 saturated heterocycles. The molecule has 0 bridgehead atoms. The van der Waals surface area contributed by atoms with Gasteiger partial charge in [-0.25, -0.2) is 0 Å². The van der Waals surface area contributed by atoms with Gasteiger partial charge < -0.3 is 15.5 Å². The molecule has 0 radical (unpaired) electrons. The van der Waals surface area contributed by atoms with Crippen molar-refractivity contribution in [1.29, 1.82) is 5.26 Å². The number of aromatic amines is 2. The van der Waals surface area contributed by atoms with Gasteiger partial charge in [-0.1, -0.05) is 25.1 Å². The summed E-state index contributed by atoms with van der Waals surface area (Å²) in [6.45, 7) is 4.05. The average Bonchev–Trinajstić information content (AvgIpc) is 3.17. The summed E-state index contributed by atoms with van der Waals surface area (Å²) in [5.74, 6) is 0.260. The van der Waals surface area contributed by atoms with Crippen LogP contribution in [0.1, 0.15) is 35.2 Å². The minimum Gasteiger partial charge on any atom is -0.420 e. The molecule has 6 heteroatoms. The van der Waals surface area contributed by atoms with Gasteiger partial charge in [-0.05, 0) is 24.5 Å². The van der Waals surface area contributed by atoms with Crippen molar-refractivity contribution in [2.45, 2.75) is 26.2 Å². The number of H-pyrrole nitrogens is 2. The van der Waals surface area contributed by atoms with Crippen LogP contribution in [0.4, 0.5) is 0 Å². The molecule has 0 saturated carbocycles. The molecule has 3 heterocycles. The number of nitrogens with zero attached hydrogens (tertiary/aromatic N) is 2. The molecule has 2 aromatic heterocycles. The summed E-state index contributed by atoms with van der Waals surface area (Å²) in [5.41, 5.74) is 11.5. The summed E-state index contributed by atoms with van der Waals surface area (Å²) < 4.78 is 5.52. The van der Waals surface area contributed by atoms with Crippen LogP contribution in [-0.2, 0) is 6.42 Å². The van der Waals surface area contributed by atoms with E-state index >= 15 is 0 Å². The molecule has 24 heavy (non-hydrogen) atoms. The monoisotopic (exact) mass is 319 g/mol. The molecule has 1 atom stereocenters. The lowest BCUT2D eigenvalue weighted by molar-refractivity contribution is 0.379. The third kappa shape index (κ3) is 1.85. The summed E-state index contributed by atoms with van der Waals surface area (Å²) >= 11 is 0. The SMILES string of the molecule is CCc1cccc2c([C@@H]3C(C#N)=C(N)Oc4n[nH]c(C)c43)c[nH]c12. The molecule has 0 amide bonds. The normalized spacial score (nSPS) is 16.8. The molecular weight excluding hydrogens is 302 g/mol. The molecule has 1 aromatic carbocycles. The zero-order valence-electron chi connectivity index (χ0n) is 13.5. The smallest absolute Gasteiger partial charge is 0.244 e. The van der Waals surface area contributed by atoms with Crippen LogP contribution in [0.25, 0.3) is 10.9 Å². The summed E-state index contributed by atoms with van der Waals surface area (Å²) in [4.78, 5) is 3.36. The Morgan fingerprint density at radius 1 is 1.42 bits per heavy atom. The van der Waals surface area contributed by atoms with Gasteiger partial charge in [-0.3, -0.25) is 5.10 Å². The summed E-state index contributed by atoms with van der Waals surface area (Å²) in [6.07, 6.45) is 2.89. The van der Waals surface area contributed by atoms with E-state index in [2.05, 4.69) is 40.3 Å². The van der Waals surface area contributed by atoms with E-state index < -0.39 is 0 Å². The topological polar surface area (TPSA) is 104 Å². The number of fused-ring (bicyclic) bond motifs is 2. The highest BCUT2D eigenvalue weighted by atomic mass is 16.5. The largest absolute Gasteiger partial charge is 0.420 e. The van der Waals surface area contributed by atoms with Crippen LogP contribution in [-0.4, -0.2) is 15.2 Å². The maximum atomic E-state index is 9.65. The van der Waals surface area contributed by atoms with E-state index in [1.807, 2.05) is 19.2 Å². The highest BCUT2D eigenvalue weighted by Gasteiger charge is 2.35. The van der Waals surface area contributed by atoms with E-state index in [1.165, 1.54) is 5.56 Å².